The minimum absolute atomic E-state index is 0.0653. The first-order valence-electron chi connectivity index (χ1n) is 7.47. The van der Waals surface area contributed by atoms with Crippen LogP contribution in [0, 0.1) is 0 Å². The van der Waals surface area contributed by atoms with Crippen molar-refractivity contribution >= 4 is 5.78 Å². The lowest BCUT2D eigenvalue weighted by molar-refractivity contribution is -0.119. The van der Waals surface area contributed by atoms with Gasteiger partial charge in [0.15, 0.2) is 11.5 Å². The van der Waals surface area contributed by atoms with Crippen molar-refractivity contribution < 1.29 is 15.0 Å². The second-order valence-corrected chi connectivity index (χ2v) is 6.03. The fraction of sp³-hybridized carbons (Fsp3) is 0.471. The van der Waals surface area contributed by atoms with Gasteiger partial charge in [-0.3, -0.25) is 4.79 Å². The molecule has 1 aromatic carbocycles. The lowest BCUT2D eigenvalue weighted by Gasteiger charge is -2.46. The molecule has 4 heteroatoms. The molecule has 112 valence electrons. The number of hydrogen-bond donors (Lipinski definition) is 3. The van der Waals surface area contributed by atoms with Crippen LogP contribution < -0.4 is 5.32 Å². The maximum atomic E-state index is 12.1. The molecule has 2 aliphatic rings. The molecule has 0 amide bonds. The molecular weight excluding hydrogens is 266 g/mol. The highest BCUT2D eigenvalue weighted by Crippen LogP contribution is 2.53. The number of nitrogens with one attached hydrogen (secondary N) is 1. The number of carbonyl (C=O) groups is 1. The lowest BCUT2D eigenvalue weighted by Crippen LogP contribution is -2.48. The molecule has 3 N–H and O–H groups in total. The second kappa shape index (κ2) is 4.88. The van der Waals surface area contributed by atoms with Gasteiger partial charge in [-0.25, -0.2) is 0 Å². The van der Waals surface area contributed by atoms with Gasteiger partial charge in [0.25, 0.3) is 0 Å². The van der Waals surface area contributed by atoms with E-state index in [1.165, 1.54) is 11.6 Å². The van der Waals surface area contributed by atoms with Crippen molar-refractivity contribution in [3.8, 4) is 11.5 Å². The van der Waals surface area contributed by atoms with Crippen LogP contribution in [0.5, 0.6) is 11.5 Å². The van der Waals surface area contributed by atoms with Crippen molar-refractivity contribution in [1.29, 1.82) is 0 Å². The van der Waals surface area contributed by atoms with Crippen LogP contribution in [-0.2, 0) is 16.6 Å². The number of fused-ring (bicyclic) bond motifs is 3. The third kappa shape index (κ3) is 1.89. The van der Waals surface area contributed by atoms with Crippen LogP contribution in [0.25, 0.3) is 0 Å². The predicted molar refractivity (Wildman–Crippen MR) is 80.6 cm³/mol. The Morgan fingerprint density at radius 2 is 2.14 bits per heavy atom. The highest BCUT2D eigenvalue weighted by atomic mass is 16.3. The first-order valence-corrected chi connectivity index (χ1v) is 7.47. The van der Waals surface area contributed by atoms with Gasteiger partial charge in [0.1, 0.15) is 5.78 Å². The summed E-state index contributed by atoms with van der Waals surface area (Å²) in [6.07, 6.45) is 4.37. The molecular formula is C17H21NO3. The molecule has 21 heavy (non-hydrogen) atoms. The van der Waals surface area contributed by atoms with Gasteiger partial charge in [0.2, 0.25) is 0 Å². The summed E-state index contributed by atoms with van der Waals surface area (Å²) >= 11 is 0. The normalized spacial score (nSPS) is 27.8. The fourth-order valence-electron chi connectivity index (χ4n) is 4.06. The Balaban J connectivity index is 2.31. The van der Waals surface area contributed by atoms with Crippen molar-refractivity contribution in [1.82, 2.24) is 5.32 Å². The standard InChI is InChI=1S/C17H21NO3/c1-3-17-9-11(19)5-6-12(17)13(18-2)8-10-4-7-14(20)16(21)15(10)17/h4,6-7,13,18,20-21H,3,5,8-9H2,1-2H3/t13-,17+/m1/s1. The number of likely N-dealkylation sites (N-methyl/N-ethyl adjacent to an activating group) is 1. The van der Waals surface area contributed by atoms with Gasteiger partial charge in [-0.05, 0) is 37.1 Å². The van der Waals surface area contributed by atoms with Crippen LogP contribution in [-0.4, -0.2) is 29.1 Å². The number of phenols is 2. The number of allylic oxidation sites excluding steroid dienone is 1. The summed E-state index contributed by atoms with van der Waals surface area (Å²) in [5.41, 5.74) is 2.45. The summed E-state index contributed by atoms with van der Waals surface area (Å²) in [4.78, 5) is 12.1. The van der Waals surface area contributed by atoms with Gasteiger partial charge < -0.3 is 15.5 Å². The maximum Gasteiger partial charge on any atom is 0.161 e. The Labute approximate surface area is 124 Å². The number of rotatable bonds is 2. The summed E-state index contributed by atoms with van der Waals surface area (Å²) in [5.74, 6) is 0.0115. The number of aromatic hydroxyl groups is 2. The fourth-order valence-corrected chi connectivity index (χ4v) is 4.06. The number of benzene rings is 1. The number of ketones is 1. The Hall–Kier alpha value is -1.81. The van der Waals surface area contributed by atoms with Crippen LogP contribution in [0.4, 0.5) is 0 Å². The Morgan fingerprint density at radius 1 is 1.38 bits per heavy atom. The van der Waals surface area contributed by atoms with Crippen molar-refractivity contribution in [3.05, 3.63) is 34.9 Å². The average Bonchev–Trinajstić information content (AvgIpc) is 2.49. The van der Waals surface area contributed by atoms with Crippen molar-refractivity contribution in [2.75, 3.05) is 7.05 Å². The Kier molecular flexibility index (Phi) is 3.29. The molecule has 0 fully saturated rings. The summed E-state index contributed by atoms with van der Waals surface area (Å²) in [5, 5.41) is 23.6. The monoisotopic (exact) mass is 287 g/mol. The highest BCUT2D eigenvalue weighted by molar-refractivity contribution is 5.85. The molecule has 0 unspecified atom stereocenters. The van der Waals surface area contributed by atoms with Gasteiger partial charge in [-0.1, -0.05) is 19.1 Å². The van der Waals surface area contributed by atoms with E-state index in [1.54, 1.807) is 0 Å². The van der Waals surface area contributed by atoms with E-state index in [9.17, 15) is 15.0 Å². The van der Waals surface area contributed by atoms with E-state index < -0.39 is 5.41 Å². The molecule has 0 heterocycles. The lowest BCUT2D eigenvalue weighted by atomic mass is 9.58. The minimum Gasteiger partial charge on any atom is -0.504 e. The summed E-state index contributed by atoms with van der Waals surface area (Å²) in [6, 6.07) is 3.57. The van der Waals surface area contributed by atoms with Gasteiger partial charge in [-0.15, -0.1) is 0 Å². The van der Waals surface area contributed by atoms with E-state index in [2.05, 4.69) is 5.32 Å². The molecule has 1 aromatic rings. The first kappa shape index (κ1) is 14.1. The summed E-state index contributed by atoms with van der Waals surface area (Å²) < 4.78 is 0. The molecule has 0 saturated carbocycles. The van der Waals surface area contributed by atoms with Crippen LogP contribution in [0.15, 0.2) is 23.8 Å². The number of Topliss-reactive ketones (excluding diaryl/α,β-unsaturated/α-hetero) is 1. The van der Waals surface area contributed by atoms with E-state index in [4.69, 9.17) is 0 Å². The van der Waals surface area contributed by atoms with Crippen LogP contribution in [0.3, 0.4) is 0 Å². The van der Waals surface area contributed by atoms with Crippen LogP contribution >= 0.6 is 0 Å². The van der Waals surface area contributed by atoms with E-state index >= 15 is 0 Å². The van der Waals surface area contributed by atoms with E-state index in [1.807, 2.05) is 26.1 Å². The van der Waals surface area contributed by atoms with Gasteiger partial charge in [0.05, 0.1) is 0 Å². The molecule has 0 saturated heterocycles. The van der Waals surface area contributed by atoms with Crippen LogP contribution in [0.1, 0.15) is 37.3 Å². The molecule has 0 radical (unpaired) electrons. The predicted octanol–water partition coefficient (Wildman–Crippen LogP) is 2.18. The molecule has 3 rings (SSSR count). The van der Waals surface area contributed by atoms with E-state index in [-0.39, 0.29) is 23.3 Å². The Bertz CT molecular complexity index is 635. The topological polar surface area (TPSA) is 69.6 Å². The molecule has 4 nitrogen and oxygen atoms in total. The van der Waals surface area contributed by atoms with Crippen molar-refractivity contribution in [3.63, 3.8) is 0 Å². The minimum atomic E-state index is -0.487. The van der Waals surface area contributed by atoms with Gasteiger partial charge >= 0.3 is 0 Å². The molecule has 2 atom stereocenters. The first-order chi connectivity index (χ1) is 10.0. The highest BCUT2D eigenvalue weighted by Gasteiger charge is 2.47. The van der Waals surface area contributed by atoms with Crippen molar-refractivity contribution in [2.45, 2.75) is 44.1 Å². The average molecular weight is 287 g/mol. The van der Waals surface area contributed by atoms with Crippen LogP contribution in [0.2, 0.25) is 0 Å². The molecule has 2 aliphatic carbocycles. The zero-order chi connectivity index (χ0) is 15.2. The quantitative estimate of drug-likeness (QED) is 0.576. The van der Waals surface area contributed by atoms with Crippen molar-refractivity contribution in [2.24, 2.45) is 0 Å². The SMILES string of the molecule is CC[C@]12CC(=O)CC=C1[C@H](NC)Cc1ccc(O)c(O)c12. The number of phenolic OH excluding ortho intramolecular Hbond substituents is 2. The number of hydrogen-bond acceptors (Lipinski definition) is 4. The maximum absolute atomic E-state index is 12.1. The summed E-state index contributed by atoms with van der Waals surface area (Å²) in [6.45, 7) is 2.04. The molecule has 0 aromatic heterocycles. The van der Waals surface area contributed by atoms with E-state index in [0.717, 1.165) is 24.0 Å². The third-order valence-electron chi connectivity index (χ3n) is 5.07. The second-order valence-electron chi connectivity index (χ2n) is 6.03. The number of carbonyl (C=O) groups excluding carboxylic acids is 1. The molecule has 0 spiro atoms. The van der Waals surface area contributed by atoms with E-state index in [0.29, 0.717) is 12.8 Å². The zero-order valence-electron chi connectivity index (χ0n) is 12.4. The third-order valence-corrected chi connectivity index (χ3v) is 5.07. The molecule has 0 bridgehead atoms. The largest absolute Gasteiger partial charge is 0.504 e. The smallest absolute Gasteiger partial charge is 0.161 e. The molecule has 0 aliphatic heterocycles. The van der Waals surface area contributed by atoms with Gasteiger partial charge in [0, 0.05) is 29.9 Å². The Morgan fingerprint density at radius 3 is 2.81 bits per heavy atom. The summed E-state index contributed by atoms with van der Waals surface area (Å²) in [7, 11) is 1.92. The zero-order valence-corrected chi connectivity index (χ0v) is 12.4. The van der Waals surface area contributed by atoms with Gasteiger partial charge in [-0.2, -0.15) is 0 Å².